The molecule has 0 atom stereocenters. The molecule has 1 aromatic rings. The molecule has 0 spiro atoms. The fraction of sp³-hybridized carbons (Fsp3) is 0.760. The van der Waals surface area contributed by atoms with E-state index in [9.17, 15) is 0 Å². The van der Waals surface area contributed by atoms with Gasteiger partial charge in [0.25, 0.3) is 0 Å². The van der Waals surface area contributed by atoms with E-state index in [0.717, 1.165) is 24.2 Å². The first-order valence-corrected chi connectivity index (χ1v) is 12.2. The third-order valence-corrected chi connectivity index (χ3v) is 8.73. The lowest BCUT2D eigenvalue weighted by atomic mass is 9.68. The highest BCUT2D eigenvalue weighted by Crippen LogP contribution is 2.50. The molecule has 0 aliphatic heterocycles. The molecule has 3 rings (SSSR count). The minimum absolute atomic E-state index is 0.243. The summed E-state index contributed by atoms with van der Waals surface area (Å²) in [5.41, 5.74) is 2.96. The molecule has 1 aromatic carbocycles. The number of unbranched alkanes of at least 4 members (excludes halogenated alkanes) is 2. The second kappa shape index (κ2) is 9.76. The van der Waals surface area contributed by atoms with Crippen molar-refractivity contribution in [2.45, 2.75) is 102 Å². The van der Waals surface area contributed by atoms with Gasteiger partial charge in [0, 0.05) is 0 Å². The first-order valence-electron chi connectivity index (χ1n) is 11.4. The molecule has 146 valence electrons. The molecule has 2 fully saturated rings. The van der Waals surface area contributed by atoms with E-state index < -0.39 is 0 Å². The normalized spacial score (nSPS) is 32.5. The molecule has 2 saturated carbocycles. The summed E-state index contributed by atoms with van der Waals surface area (Å²) in [6, 6.07) is 9.39. The Morgan fingerprint density at radius 1 is 0.846 bits per heavy atom. The summed E-state index contributed by atoms with van der Waals surface area (Å²) in [7, 11) is 0. The summed E-state index contributed by atoms with van der Waals surface area (Å²) in [6.45, 7) is 4.56. The maximum absolute atomic E-state index is 4.15. The molecular formula is C25H39Br. The lowest BCUT2D eigenvalue weighted by Gasteiger charge is -2.41. The van der Waals surface area contributed by atoms with Crippen LogP contribution in [0.15, 0.2) is 24.3 Å². The van der Waals surface area contributed by atoms with Crippen LogP contribution >= 0.6 is 15.9 Å². The maximum atomic E-state index is 4.15. The molecule has 26 heavy (non-hydrogen) atoms. The van der Waals surface area contributed by atoms with Gasteiger partial charge >= 0.3 is 0 Å². The van der Waals surface area contributed by atoms with Gasteiger partial charge in [0.2, 0.25) is 0 Å². The van der Waals surface area contributed by atoms with Crippen LogP contribution in [-0.2, 0) is 10.7 Å². The lowest BCUT2D eigenvalue weighted by molar-refractivity contribution is 0.151. The Labute approximate surface area is 170 Å². The van der Waals surface area contributed by atoms with Crippen LogP contribution in [-0.4, -0.2) is 0 Å². The predicted octanol–water partition coefficient (Wildman–Crippen LogP) is 8.42. The van der Waals surface area contributed by atoms with E-state index in [-0.39, 0.29) is 4.32 Å². The third kappa shape index (κ3) is 5.15. The number of halogens is 1. The Hall–Kier alpha value is -0.300. The molecule has 0 radical (unpaired) electrons. The van der Waals surface area contributed by atoms with E-state index in [4.69, 9.17) is 0 Å². The number of hydrogen-bond donors (Lipinski definition) is 0. The van der Waals surface area contributed by atoms with Crippen LogP contribution in [0.1, 0.15) is 102 Å². The van der Waals surface area contributed by atoms with Crippen LogP contribution in [0, 0.1) is 17.8 Å². The van der Waals surface area contributed by atoms with Crippen molar-refractivity contribution in [2.75, 3.05) is 0 Å². The van der Waals surface area contributed by atoms with E-state index in [1.54, 1.807) is 0 Å². The SMILES string of the molecule is CCCCCC1CCC([C@H]2CC[C@](Br)(c3ccc(CC)cc3)CC2)CC1. The van der Waals surface area contributed by atoms with Gasteiger partial charge in [-0.05, 0) is 73.8 Å². The van der Waals surface area contributed by atoms with Crippen LogP contribution < -0.4 is 0 Å². The molecule has 0 amide bonds. The van der Waals surface area contributed by atoms with E-state index in [1.807, 2.05) is 0 Å². The highest BCUT2D eigenvalue weighted by molar-refractivity contribution is 9.09. The molecular weight excluding hydrogens is 380 g/mol. The van der Waals surface area contributed by atoms with Gasteiger partial charge in [0.05, 0.1) is 4.32 Å². The molecule has 0 N–H and O–H groups in total. The Morgan fingerprint density at radius 2 is 1.46 bits per heavy atom. The van der Waals surface area contributed by atoms with E-state index in [2.05, 4.69) is 54.0 Å². The number of aryl methyl sites for hydroxylation is 1. The van der Waals surface area contributed by atoms with Gasteiger partial charge in [-0.25, -0.2) is 0 Å². The average Bonchev–Trinajstić information content (AvgIpc) is 2.69. The van der Waals surface area contributed by atoms with Crippen LogP contribution in [0.5, 0.6) is 0 Å². The van der Waals surface area contributed by atoms with Gasteiger partial charge in [-0.15, -0.1) is 0 Å². The summed E-state index contributed by atoms with van der Waals surface area (Å²) in [5.74, 6) is 3.07. The average molecular weight is 419 g/mol. The van der Waals surface area contributed by atoms with Crippen molar-refractivity contribution in [1.82, 2.24) is 0 Å². The Morgan fingerprint density at radius 3 is 2.04 bits per heavy atom. The number of alkyl halides is 1. The Kier molecular flexibility index (Phi) is 7.67. The quantitative estimate of drug-likeness (QED) is 0.307. The lowest BCUT2D eigenvalue weighted by Crippen LogP contribution is -2.31. The molecule has 0 bridgehead atoms. The maximum Gasteiger partial charge on any atom is 0.0506 e. The van der Waals surface area contributed by atoms with Crippen molar-refractivity contribution in [3.63, 3.8) is 0 Å². The zero-order chi connectivity index (χ0) is 18.4. The standard InChI is InChI=1S/C25H39Br/c1-3-5-6-7-21-8-12-22(13-9-21)23-16-18-25(26,19-17-23)24-14-10-20(4-2)11-15-24/h10-11,14-15,21-23H,3-9,12-13,16-19H2,1-2H3/t21?,22?,23-,25+. The van der Waals surface area contributed by atoms with Gasteiger partial charge in [0.15, 0.2) is 0 Å². The molecule has 0 heterocycles. The van der Waals surface area contributed by atoms with Crippen molar-refractivity contribution >= 4 is 15.9 Å². The highest BCUT2D eigenvalue weighted by Gasteiger charge is 2.37. The molecule has 0 aromatic heterocycles. The largest absolute Gasteiger partial charge is 0.0801 e. The zero-order valence-corrected chi connectivity index (χ0v) is 18.7. The van der Waals surface area contributed by atoms with Crippen molar-refractivity contribution < 1.29 is 0 Å². The van der Waals surface area contributed by atoms with Crippen molar-refractivity contribution in [3.8, 4) is 0 Å². The Balaban J connectivity index is 1.46. The molecule has 1 heteroatoms. The Bertz CT molecular complexity index is 516. The van der Waals surface area contributed by atoms with E-state index in [0.29, 0.717) is 0 Å². The van der Waals surface area contributed by atoms with Crippen LogP contribution in [0.25, 0.3) is 0 Å². The predicted molar refractivity (Wildman–Crippen MR) is 118 cm³/mol. The monoisotopic (exact) mass is 418 g/mol. The van der Waals surface area contributed by atoms with Gasteiger partial charge in [-0.2, -0.15) is 0 Å². The molecule has 2 aliphatic carbocycles. The summed E-state index contributed by atoms with van der Waals surface area (Å²) >= 11 is 4.15. The van der Waals surface area contributed by atoms with Crippen LogP contribution in [0.4, 0.5) is 0 Å². The first kappa shape index (κ1) is 20.4. The number of hydrogen-bond acceptors (Lipinski definition) is 0. The number of rotatable bonds is 7. The molecule has 0 nitrogen and oxygen atoms in total. The minimum Gasteiger partial charge on any atom is -0.0801 e. The van der Waals surface area contributed by atoms with Gasteiger partial charge in [0.1, 0.15) is 0 Å². The van der Waals surface area contributed by atoms with Crippen molar-refractivity contribution in [1.29, 1.82) is 0 Å². The van der Waals surface area contributed by atoms with E-state index in [1.165, 1.54) is 88.2 Å². The fourth-order valence-corrected chi connectivity index (χ4v) is 6.25. The van der Waals surface area contributed by atoms with Gasteiger partial charge in [-0.1, -0.05) is 92.6 Å². The van der Waals surface area contributed by atoms with Crippen LogP contribution in [0.3, 0.4) is 0 Å². The highest BCUT2D eigenvalue weighted by atomic mass is 79.9. The minimum atomic E-state index is 0.243. The van der Waals surface area contributed by atoms with Gasteiger partial charge < -0.3 is 0 Å². The summed E-state index contributed by atoms with van der Waals surface area (Å²) < 4.78 is 0.243. The second-order valence-corrected chi connectivity index (χ2v) is 10.6. The van der Waals surface area contributed by atoms with Crippen molar-refractivity contribution in [3.05, 3.63) is 35.4 Å². The second-order valence-electron chi connectivity index (χ2n) is 9.13. The fourth-order valence-electron chi connectivity index (χ4n) is 5.53. The van der Waals surface area contributed by atoms with Gasteiger partial charge in [-0.3, -0.25) is 0 Å². The first-order chi connectivity index (χ1) is 12.6. The summed E-state index contributed by atoms with van der Waals surface area (Å²) in [6.07, 6.45) is 18.5. The topological polar surface area (TPSA) is 0 Å². The smallest absolute Gasteiger partial charge is 0.0506 e. The molecule has 2 aliphatic rings. The van der Waals surface area contributed by atoms with Crippen molar-refractivity contribution in [2.24, 2.45) is 17.8 Å². The number of benzene rings is 1. The molecule has 0 saturated heterocycles. The third-order valence-electron chi connectivity index (χ3n) is 7.48. The summed E-state index contributed by atoms with van der Waals surface area (Å²) in [5, 5.41) is 0. The summed E-state index contributed by atoms with van der Waals surface area (Å²) in [4.78, 5) is 0. The molecule has 0 unspecified atom stereocenters. The van der Waals surface area contributed by atoms with E-state index >= 15 is 0 Å². The zero-order valence-electron chi connectivity index (χ0n) is 17.1. The van der Waals surface area contributed by atoms with Crippen LogP contribution in [0.2, 0.25) is 0 Å².